The number of aromatic nitrogens is 2. The molecule has 6 nitrogen and oxygen atoms in total. The summed E-state index contributed by atoms with van der Waals surface area (Å²) in [6, 6.07) is 1.86. The number of nitrogens with zero attached hydrogens (tertiary/aromatic N) is 4. The highest BCUT2D eigenvalue weighted by Crippen LogP contribution is 2.32. The molecular weight excluding hydrogens is 324 g/mol. The molecule has 0 spiro atoms. The largest absolute Gasteiger partial charge is 0.322 e. The number of carbonyl (C=O) groups is 2. The van der Waals surface area contributed by atoms with Gasteiger partial charge >= 0.3 is 0 Å². The summed E-state index contributed by atoms with van der Waals surface area (Å²) in [6.45, 7) is 7.46. The van der Waals surface area contributed by atoms with Crippen LogP contribution < -0.4 is 0 Å². The molecule has 132 valence electrons. The average Bonchev–Trinajstić information content (AvgIpc) is 2.95. The van der Waals surface area contributed by atoms with Gasteiger partial charge in [-0.05, 0) is 46.3 Å². The third-order valence-electron chi connectivity index (χ3n) is 4.21. The van der Waals surface area contributed by atoms with E-state index in [1.807, 2.05) is 43.5 Å². The summed E-state index contributed by atoms with van der Waals surface area (Å²) in [4.78, 5) is 28.3. The zero-order valence-corrected chi connectivity index (χ0v) is 15.8. The molecule has 0 radical (unpaired) electrons. The van der Waals surface area contributed by atoms with Crippen LogP contribution in [0.1, 0.15) is 42.2 Å². The minimum Gasteiger partial charge on any atom is -0.322 e. The van der Waals surface area contributed by atoms with Crippen molar-refractivity contribution in [2.24, 2.45) is 0 Å². The first kappa shape index (κ1) is 18.7. The van der Waals surface area contributed by atoms with Crippen LogP contribution in [0.5, 0.6) is 0 Å². The van der Waals surface area contributed by atoms with Crippen molar-refractivity contribution in [1.82, 2.24) is 19.6 Å². The third kappa shape index (κ3) is 3.72. The highest BCUT2D eigenvalue weighted by molar-refractivity contribution is 8.02. The van der Waals surface area contributed by atoms with Gasteiger partial charge in [-0.1, -0.05) is 6.08 Å². The second-order valence-electron chi connectivity index (χ2n) is 6.59. The van der Waals surface area contributed by atoms with Gasteiger partial charge in [-0.2, -0.15) is 5.10 Å². The van der Waals surface area contributed by atoms with Crippen molar-refractivity contribution in [3.63, 3.8) is 0 Å². The van der Waals surface area contributed by atoms with Crippen molar-refractivity contribution in [1.29, 1.82) is 0 Å². The van der Waals surface area contributed by atoms with Crippen LogP contribution in [0.3, 0.4) is 0 Å². The van der Waals surface area contributed by atoms with E-state index in [9.17, 15) is 9.59 Å². The fourth-order valence-electron chi connectivity index (χ4n) is 2.71. The molecule has 0 N–H and O–H groups in total. The predicted octanol–water partition coefficient (Wildman–Crippen LogP) is 2.19. The zero-order valence-electron chi connectivity index (χ0n) is 15.0. The molecular formula is C17H26N4O2S. The van der Waals surface area contributed by atoms with Gasteiger partial charge in [0, 0.05) is 13.1 Å². The van der Waals surface area contributed by atoms with E-state index < -0.39 is 5.54 Å². The highest BCUT2D eigenvalue weighted by atomic mass is 32.2. The Hall–Kier alpha value is -1.60. The maximum absolute atomic E-state index is 12.9. The van der Waals surface area contributed by atoms with E-state index >= 15 is 0 Å². The number of hydrogen-bond donors (Lipinski definition) is 0. The van der Waals surface area contributed by atoms with Crippen molar-refractivity contribution < 1.29 is 9.59 Å². The molecule has 2 heterocycles. The SMILES string of the molecule is C/C=C\SC(C)c1cc2n(n1)CC(C)(C=O)N(CCN(C)C)C2=O. The minimum absolute atomic E-state index is 0.125. The second kappa shape index (κ2) is 7.53. The Kier molecular flexibility index (Phi) is 5.87. The fourth-order valence-corrected chi connectivity index (χ4v) is 3.36. The van der Waals surface area contributed by atoms with E-state index in [4.69, 9.17) is 0 Å². The topological polar surface area (TPSA) is 58.4 Å². The molecule has 2 unspecified atom stereocenters. The average molecular weight is 350 g/mol. The van der Waals surface area contributed by atoms with Crippen LogP contribution in [0.25, 0.3) is 0 Å². The van der Waals surface area contributed by atoms with Crippen LogP contribution >= 0.6 is 11.8 Å². The third-order valence-corrected chi connectivity index (χ3v) is 5.29. The number of likely N-dealkylation sites (N-methyl/N-ethyl adjacent to an activating group) is 1. The molecule has 0 fully saturated rings. The second-order valence-corrected chi connectivity index (χ2v) is 7.85. The van der Waals surface area contributed by atoms with Crippen LogP contribution in [0.2, 0.25) is 0 Å². The van der Waals surface area contributed by atoms with Crippen LogP contribution in [-0.4, -0.2) is 64.5 Å². The Bertz CT molecular complexity index is 641. The number of rotatable bonds is 7. The van der Waals surface area contributed by atoms with Crippen LogP contribution in [-0.2, 0) is 11.3 Å². The Balaban J connectivity index is 2.31. The first-order valence-electron chi connectivity index (χ1n) is 8.10. The molecule has 1 aliphatic rings. The predicted molar refractivity (Wildman–Crippen MR) is 97.1 cm³/mol. The van der Waals surface area contributed by atoms with Gasteiger partial charge in [0.2, 0.25) is 0 Å². The van der Waals surface area contributed by atoms with E-state index in [0.29, 0.717) is 25.3 Å². The summed E-state index contributed by atoms with van der Waals surface area (Å²) in [5, 5.41) is 6.75. The molecule has 0 aliphatic carbocycles. The molecule has 2 atom stereocenters. The molecule has 0 aromatic carbocycles. The summed E-state index contributed by atoms with van der Waals surface area (Å²) in [6.07, 6.45) is 2.84. The Labute approximate surface area is 147 Å². The fraction of sp³-hybridized carbons (Fsp3) is 0.588. The summed E-state index contributed by atoms with van der Waals surface area (Å²) < 4.78 is 1.69. The van der Waals surface area contributed by atoms with Gasteiger partial charge in [0.1, 0.15) is 17.5 Å². The summed E-state index contributed by atoms with van der Waals surface area (Å²) in [5.41, 5.74) is 0.573. The van der Waals surface area contributed by atoms with Crippen LogP contribution in [0, 0.1) is 0 Å². The number of amides is 1. The highest BCUT2D eigenvalue weighted by Gasteiger charge is 2.42. The molecule has 1 aromatic heterocycles. The number of thioether (sulfide) groups is 1. The molecule has 0 saturated carbocycles. The molecule has 2 rings (SSSR count). The Morgan fingerprint density at radius 3 is 2.79 bits per heavy atom. The van der Waals surface area contributed by atoms with Crippen LogP contribution in [0.4, 0.5) is 0 Å². The van der Waals surface area contributed by atoms with E-state index in [-0.39, 0.29) is 11.2 Å². The van der Waals surface area contributed by atoms with Crippen molar-refractivity contribution in [3.05, 3.63) is 28.9 Å². The molecule has 0 saturated heterocycles. The lowest BCUT2D eigenvalue weighted by Crippen LogP contribution is -2.59. The van der Waals surface area contributed by atoms with Gasteiger partial charge < -0.3 is 14.6 Å². The first-order valence-corrected chi connectivity index (χ1v) is 9.04. The molecule has 24 heavy (non-hydrogen) atoms. The van der Waals surface area contributed by atoms with Gasteiger partial charge in [0.25, 0.3) is 5.91 Å². The molecule has 0 bridgehead atoms. The smallest absolute Gasteiger partial charge is 0.273 e. The van der Waals surface area contributed by atoms with Crippen LogP contribution in [0.15, 0.2) is 17.6 Å². The van der Waals surface area contributed by atoms with Gasteiger partial charge in [-0.15, -0.1) is 11.8 Å². The molecule has 1 aromatic rings. The number of aldehydes is 1. The van der Waals surface area contributed by atoms with Gasteiger partial charge in [-0.3, -0.25) is 9.48 Å². The zero-order chi connectivity index (χ0) is 17.9. The van der Waals surface area contributed by atoms with Gasteiger partial charge in [-0.25, -0.2) is 0 Å². The minimum atomic E-state index is -0.858. The molecule has 7 heteroatoms. The molecule has 1 amide bonds. The number of carbonyl (C=O) groups excluding carboxylic acids is 2. The van der Waals surface area contributed by atoms with Crippen molar-refractivity contribution in [3.8, 4) is 0 Å². The molecule has 1 aliphatic heterocycles. The van der Waals surface area contributed by atoms with Gasteiger partial charge in [0.15, 0.2) is 0 Å². The van der Waals surface area contributed by atoms with Crippen molar-refractivity contribution in [2.75, 3.05) is 27.2 Å². The number of hydrogen-bond acceptors (Lipinski definition) is 5. The summed E-state index contributed by atoms with van der Waals surface area (Å²) >= 11 is 1.66. The standard InChI is InChI=1S/C17H26N4O2S/c1-6-9-24-13(2)14-10-15-16(23)20(8-7-19(4)5)17(3,12-22)11-21(15)18-14/h6,9-10,12-13H,7-8,11H2,1-5H3/b9-6-. The van der Waals surface area contributed by atoms with Crippen molar-refractivity contribution >= 4 is 24.0 Å². The number of fused-ring (bicyclic) bond motifs is 1. The lowest BCUT2D eigenvalue weighted by molar-refractivity contribution is -0.118. The Morgan fingerprint density at radius 1 is 1.50 bits per heavy atom. The van der Waals surface area contributed by atoms with Gasteiger partial charge in [0.05, 0.1) is 17.5 Å². The summed E-state index contributed by atoms with van der Waals surface area (Å²) in [7, 11) is 3.91. The van der Waals surface area contributed by atoms with Crippen molar-refractivity contribution in [2.45, 2.75) is 38.1 Å². The lowest BCUT2D eigenvalue weighted by Gasteiger charge is -2.41. The van der Waals surface area contributed by atoms with E-state index in [1.54, 1.807) is 28.3 Å². The lowest BCUT2D eigenvalue weighted by atomic mass is 9.98. The Morgan fingerprint density at radius 2 is 2.21 bits per heavy atom. The maximum Gasteiger partial charge on any atom is 0.273 e. The quantitative estimate of drug-likeness (QED) is 0.706. The number of allylic oxidation sites excluding steroid dienone is 1. The van der Waals surface area contributed by atoms with E-state index in [2.05, 4.69) is 12.0 Å². The monoisotopic (exact) mass is 350 g/mol. The van der Waals surface area contributed by atoms with E-state index in [0.717, 1.165) is 12.0 Å². The van der Waals surface area contributed by atoms with E-state index in [1.165, 1.54) is 0 Å². The summed E-state index contributed by atoms with van der Waals surface area (Å²) in [5.74, 6) is -0.125. The first-order chi connectivity index (χ1) is 11.3. The maximum atomic E-state index is 12.9. The normalized spacial score (nSPS) is 22.2.